The molecule has 3 heteroatoms. The first kappa shape index (κ1) is 13.3. The summed E-state index contributed by atoms with van der Waals surface area (Å²) in [6, 6.07) is 0. The average molecular weight is 211 g/mol. The van der Waals surface area contributed by atoms with Crippen LogP contribution in [0.5, 0.6) is 0 Å². The van der Waals surface area contributed by atoms with E-state index in [0.29, 0.717) is 13.1 Å². The molecule has 78 valence electrons. The monoisotopic (exact) mass is 211 g/mol. The van der Waals surface area contributed by atoms with E-state index in [0.717, 1.165) is 5.57 Å². The molecule has 1 N–H and O–H groups in total. The Morgan fingerprint density at radius 2 is 2.14 bits per heavy atom. The number of carbonyl (C=O) groups excluding carboxylic acids is 1. The van der Waals surface area contributed by atoms with Crippen LogP contribution in [0.4, 0.5) is 0 Å². The van der Waals surface area contributed by atoms with Crippen molar-refractivity contribution in [1.82, 2.24) is 5.32 Å². The average Bonchev–Trinajstić information content (AvgIpc) is 2.12. The summed E-state index contributed by atoms with van der Waals surface area (Å²) < 4.78 is 0. The molecule has 0 saturated carbocycles. The van der Waals surface area contributed by atoms with Crippen molar-refractivity contribution in [3.05, 3.63) is 36.0 Å². The number of rotatable bonds is 6. The van der Waals surface area contributed by atoms with Gasteiger partial charge in [0, 0.05) is 6.54 Å². The summed E-state index contributed by atoms with van der Waals surface area (Å²) in [5.74, 6) is 0. The minimum atomic E-state index is 0.0668. The molecular weight excluding hydrogens is 193 g/mol. The highest BCUT2D eigenvalue weighted by atomic mass is 31.0. The van der Waals surface area contributed by atoms with Crippen LogP contribution in [-0.2, 0) is 4.79 Å². The van der Waals surface area contributed by atoms with Gasteiger partial charge < -0.3 is 5.32 Å². The van der Waals surface area contributed by atoms with E-state index in [-0.39, 0.29) is 5.52 Å². The summed E-state index contributed by atoms with van der Waals surface area (Å²) in [7, 11) is 2.14. The van der Waals surface area contributed by atoms with Crippen molar-refractivity contribution in [2.45, 2.75) is 13.8 Å². The molecule has 0 aliphatic carbocycles. The molecule has 0 radical (unpaired) electrons. The zero-order valence-corrected chi connectivity index (χ0v) is 9.99. The van der Waals surface area contributed by atoms with E-state index >= 15 is 0 Å². The molecule has 1 unspecified atom stereocenters. The molecule has 14 heavy (non-hydrogen) atoms. The second kappa shape index (κ2) is 7.66. The van der Waals surface area contributed by atoms with Crippen molar-refractivity contribution in [3.8, 4) is 0 Å². The highest BCUT2D eigenvalue weighted by molar-refractivity contribution is 7.40. The SMILES string of the molecule is C=C/C(CNCC(=O)P)=C(C)\C=C/C. The number of hydrogen-bond acceptors (Lipinski definition) is 2. The van der Waals surface area contributed by atoms with E-state index in [1.54, 1.807) is 0 Å². The lowest BCUT2D eigenvalue weighted by atomic mass is 10.1. The zero-order valence-electron chi connectivity index (χ0n) is 8.84. The molecular formula is C11H18NOP. The molecule has 0 aliphatic rings. The highest BCUT2D eigenvalue weighted by Crippen LogP contribution is 2.05. The standard InChI is InChI=1S/C11H18NOP/c1-4-6-9(3)10(5-2)7-12-8-11(13)14/h4-6,12H,2,7-8,14H2,1,3H3/b6-4-,10-9+. The third-order valence-corrected chi connectivity index (χ3v) is 1.99. The molecule has 0 fully saturated rings. The molecule has 2 nitrogen and oxygen atoms in total. The van der Waals surface area contributed by atoms with Crippen LogP contribution >= 0.6 is 9.24 Å². The maximum Gasteiger partial charge on any atom is 0.161 e. The largest absolute Gasteiger partial charge is 0.306 e. The van der Waals surface area contributed by atoms with Crippen molar-refractivity contribution in [1.29, 1.82) is 0 Å². The Morgan fingerprint density at radius 1 is 1.50 bits per heavy atom. The van der Waals surface area contributed by atoms with Gasteiger partial charge in [0.05, 0.1) is 6.54 Å². The van der Waals surface area contributed by atoms with Crippen molar-refractivity contribution in [3.63, 3.8) is 0 Å². The molecule has 0 rings (SSSR count). The van der Waals surface area contributed by atoms with Gasteiger partial charge >= 0.3 is 0 Å². The molecule has 0 aromatic rings. The number of nitrogens with one attached hydrogen (secondary N) is 1. The Bertz CT molecular complexity index is 266. The van der Waals surface area contributed by atoms with Crippen molar-refractivity contribution in [2.75, 3.05) is 13.1 Å². The second-order valence-electron chi connectivity index (χ2n) is 2.98. The van der Waals surface area contributed by atoms with Crippen LogP contribution in [0.15, 0.2) is 36.0 Å². The quantitative estimate of drug-likeness (QED) is 0.538. The summed E-state index contributed by atoms with van der Waals surface area (Å²) in [5.41, 5.74) is 2.36. The molecule has 0 aromatic heterocycles. The molecule has 0 amide bonds. The van der Waals surface area contributed by atoms with E-state index in [4.69, 9.17) is 0 Å². The summed E-state index contributed by atoms with van der Waals surface area (Å²) in [4.78, 5) is 10.7. The molecule has 0 bridgehead atoms. The van der Waals surface area contributed by atoms with Gasteiger partial charge in [0.1, 0.15) is 0 Å². The highest BCUT2D eigenvalue weighted by Gasteiger charge is 1.97. The predicted octanol–water partition coefficient (Wildman–Crippen LogP) is 2.06. The summed E-state index contributed by atoms with van der Waals surface area (Å²) in [6.07, 6.45) is 5.83. The lowest BCUT2D eigenvalue weighted by Crippen LogP contribution is -2.22. The van der Waals surface area contributed by atoms with E-state index in [2.05, 4.69) is 21.1 Å². The number of allylic oxidation sites excluding steroid dienone is 3. The van der Waals surface area contributed by atoms with Crippen LogP contribution in [0.3, 0.4) is 0 Å². The van der Waals surface area contributed by atoms with Gasteiger partial charge in [0.25, 0.3) is 0 Å². The Balaban J connectivity index is 4.22. The lowest BCUT2D eigenvalue weighted by molar-refractivity contribution is -0.110. The first-order valence-corrected chi connectivity index (χ1v) is 5.13. The number of carbonyl (C=O) groups is 1. The topological polar surface area (TPSA) is 29.1 Å². The van der Waals surface area contributed by atoms with Gasteiger partial charge in [-0.25, -0.2) is 0 Å². The van der Waals surface area contributed by atoms with Crippen LogP contribution in [0.2, 0.25) is 0 Å². The zero-order chi connectivity index (χ0) is 11.0. The predicted molar refractivity (Wildman–Crippen MR) is 65.3 cm³/mol. The third kappa shape index (κ3) is 5.85. The summed E-state index contributed by atoms with van der Waals surface area (Å²) in [6.45, 7) is 8.81. The Hall–Kier alpha value is -0.720. The molecule has 1 atom stereocenters. The van der Waals surface area contributed by atoms with Crippen LogP contribution in [-0.4, -0.2) is 18.6 Å². The second-order valence-corrected chi connectivity index (χ2v) is 3.63. The Kier molecular flexibility index (Phi) is 7.27. The van der Waals surface area contributed by atoms with Gasteiger partial charge in [0.2, 0.25) is 0 Å². The molecule has 0 heterocycles. The first-order valence-electron chi connectivity index (χ1n) is 4.55. The van der Waals surface area contributed by atoms with Crippen molar-refractivity contribution >= 4 is 14.8 Å². The van der Waals surface area contributed by atoms with E-state index in [9.17, 15) is 4.79 Å². The van der Waals surface area contributed by atoms with Crippen molar-refractivity contribution < 1.29 is 4.79 Å². The van der Waals surface area contributed by atoms with Gasteiger partial charge in [0.15, 0.2) is 5.52 Å². The van der Waals surface area contributed by atoms with Crippen LogP contribution < -0.4 is 5.32 Å². The summed E-state index contributed by atoms with van der Waals surface area (Å²) >= 11 is 0. The first-order chi connectivity index (χ1) is 6.61. The van der Waals surface area contributed by atoms with Gasteiger partial charge in [-0.15, -0.1) is 0 Å². The minimum absolute atomic E-state index is 0.0668. The van der Waals surface area contributed by atoms with E-state index in [1.165, 1.54) is 5.57 Å². The Labute approximate surface area is 88.4 Å². The fraction of sp³-hybridized carbons (Fsp3) is 0.364. The van der Waals surface area contributed by atoms with Gasteiger partial charge in [-0.3, -0.25) is 4.79 Å². The van der Waals surface area contributed by atoms with E-state index < -0.39 is 0 Å². The number of hydrogen-bond donors (Lipinski definition) is 1. The van der Waals surface area contributed by atoms with E-state index in [1.807, 2.05) is 32.1 Å². The van der Waals surface area contributed by atoms with Crippen LogP contribution in [0.1, 0.15) is 13.8 Å². The molecule has 0 aliphatic heterocycles. The van der Waals surface area contributed by atoms with Crippen molar-refractivity contribution in [2.24, 2.45) is 0 Å². The third-order valence-electron chi connectivity index (χ3n) is 1.78. The van der Waals surface area contributed by atoms with Gasteiger partial charge in [-0.1, -0.05) is 34.0 Å². The fourth-order valence-electron chi connectivity index (χ4n) is 1.05. The normalized spacial score (nSPS) is 12.8. The fourth-order valence-corrected chi connectivity index (χ4v) is 1.19. The Morgan fingerprint density at radius 3 is 2.57 bits per heavy atom. The maximum absolute atomic E-state index is 10.7. The maximum atomic E-state index is 10.7. The van der Waals surface area contributed by atoms with Crippen LogP contribution in [0.25, 0.3) is 0 Å². The summed E-state index contributed by atoms with van der Waals surface area (Å²) in [5, 5.41) is 3.04. The smallest absolute Gasteiger partial charge is 0.161 e. The van der Waals surface area contributed by atoms with Gasteiger partial charge in [-0.2, -0.15) is 0 Å². The van der Waals surface area contributed by atoms with Gasteiger partial charge in [-0.05, 0) is 25.0 Å². The molecule has 0 saturated heterocycles. The molecule has 0 aromatic carbocycles. The minimum Gasteiger partial charge on any atom is -0.306 e. The molecule has 0 spiro atoms. The lowest BCUT2D eigenvalue weighted by Gasteiger charge is -2.05. The van der Waals surface area contributed by atoms with Crippen LogP contribution in [0, 0.1) is 0 Å².